The molecular weight excluding hydrogens is 262 g/mol. The Bertz CT molecular complexity index is 575. The average molecular weight is 278 g/mol. The lowest BCUT2D eigenvalue weighted by Gasteiger charge is -2.17. The standard InChI is InChI=1S/C15H16F2N2O/c1-10-6-7-18-9-14(10)19-11(2)12-4-3-5-13(8-12)20-15(16)17/h3-9,11,15,19H,1-2H3. The van der Waals surface area contributed by atoms with Gasteiger partial charge in [-0.25, -0.2) is 0 Å². The Balaban J connectivity index is 2.13. The summed E-state index contributed by atoms with van der Waals surface area (Å²) in [7, 11) is 0. The van der Waals surface area contributed by atoms with E-state index in [0.717, 1.165) is 16.8 Å². The molecule has 3 nitrogen and oxygen atoms in total. The molecule has 0 radical (unpaired) electrons. The van der Waals surface area contributed by atoms with Gasteiger partial charge in [-0.1, -0.05) is 12.1 Å². The van der Waals surface area contributed by atoms with Gasteiger partial charge in [0.05, 0.1) is 11.9 Å². The third-order valence-corrected chi connectivity index (χ3v) is 2.99. The zero-order valence-corrected chi connectivity index (χ0v) is 11.3. The quantitative estimate of drug-likeness (QED) is 0.891. The third-order valence-electron chi connectivity index (χ3n) is 2.99. The Morgan fingerprint density at radius 3 is 2.75 bits per heavy atom. The van der Waals surface area contributed by atoms with Gasteiger partial charge >= 0.3 is 6.61 Å². The Hall–Kier alpha value is -2.17. The number of anilines is 1. The van der Waals surface area contributed by atoms with Crippen molar-refractivity contribution in [3.63, 3.8) is 0 Å². The predicted octanol–water partition coefficient (Wildman–Crippen LogP) is 4.16. The second-order valence-electron chi connectivity index (χ2n) is 4.51. The lowest BCUT2D eigenvalue weighted by molar-refractivity contribution is -0.0498. The molecule has 1 aromatic heterocycles. The van der Waals surface area contributed by atoms with Crippen LogP contribution in [-0.4, -0.2) is 11.6 Å². The predicted molar refractivity (Wildman–Crippen MR) is 74.1 cm³/mol. The minimum Gasteiger partial charge on any atom is -0.435 e. The Labute approximate surface area is 116 Å². The normalized spacial score (nSPS) is 12.2. The van der Waals surface area contributed by atoms with Crippen molar-refractivity contribution in [2.45, 2.75) is 26.5 Å². The van der Waals surface area contributed by atoms with Gasteiger partial charge in [-0.3, -0.25) is 4.98 Å². The number of alkyl halides is 2. The smallest absolute Gasteiger partial charge is 0.387 e. The van der Waals surface area contributed by atoms with Crippen molar-refractivity contribution in [3.05, 3.63) is 53.9 Å². The number of benzene rings is 1. The van der Waals surface area contributed by atoms with Crippen molar-refractivity contribution in [2.75, 3.05) is 5.32 Å². The first-order valence-electron chi connectivity index (χ1n) is 6.28. The molecule has 106 valence electrons. The van der Waals surface area contributed by atoms with Gasteiger partial charge in [0, 0.05) is 12.2 Å². The van der Waals surface area contributed by atoms with Crippen molar-refractivity contribution in [2.24, 2.45) is 0 Å². The number of pyridine rings is 1. The summed E-state index contributed by atoms with van der Waals surface area (Å²) in [6.07, 6.45) is 3.47. The molecule has 0 bridgehead atoms. The molecule has 1 heterocycles. The molecule has 0 aliphatic rings. The van der Waals surface area contributed by atoms with Crippen LogP contribution >= 0.6 is 0 Å². The second-order valence-corrected chi connectivity index (χ2v) is 4.51. The molecule has 2 rings (SSSR count). The van der Waals surface area contributed by atoms with Gasteiger partial charge in [0.1, 0.15) is 5.75 Å². The van der Waals surface area contributed by atoms with Gasteiger partial charge in [0.15, 0.2) is 0 Å². The van der Waals surface area contributed by atoms with E-state index in [1.54, 1.807) is 24.5 Å². The number of aromatic nitrogens is 1. The lowest BCUT2D eigenvalue weighted by atomic mass is 10.1. The average Bonchev–Trinajstić information content (AvgIpc) is 2.41. The summed E-state index contributed by atoms with van der Waals surface area (Å²) in [6.45, 7) is 1.12. The van der Waals surface area contributed by atoms with Crippen LogP contribution in [0.1, 0.15) is 24.1 Å². The summed E-state index contributed by atoms with van der Waals surface area (Å²) < 4.78 is 28.8. The molecule has 0 aliphatic carbocycles. The molecule has 20 heavy (non-hydrogen) atoms. The van der Waals surface area contributed by atoms with E-state index in [-0.39, 0.29) is 11.8 Å². The van der Waals surface area contributed by atoms with Gasteiger partial charge in [0.25, 0.3) is 0 Å². The van der Waals surface area contributed by atoms with Gasteiger partial charge < -0.3 is 10.1 Å². The van der Waals surface area contributed by atoms with Crippen LogP contribution < -0.4 is 10.1 Å². The molecule has 0 saturated carbocycles. The molecule has 0 amide bonds. The van der Waals surface area contributed by atoms with Gasteiger partial charge in [-0.2, -0.15) is 8.78 Å². The van der Waals surface area contributed by atoms with Crippen LogP contribution in [0.3, 0.4) is 0 Å². The number of hydrogen-bond acceptors (Lipinski definition) is 3. The van der Waals surface area contributed by atoms with Crippen LogP contribution in [0.5, 0.6) is 5.75 Å². The summed E-state index contributed by atoms with van der Waals surface area (Å²) in [4.78, 5) is 4.06. The number of rotatable bonds is 5. The van der Waals surface area contributed by atoms with Crippen LogP contribution in [0.2, 0.25) is 0 Å². The SMILES string of the molecule is Cc1ccncc1NC(C)c1cccc(OC(F)F)c1. The number of hydrogen-bond donors (Lipinski definition) is 1. The Morgan fingerprint density at radius 2 is 2.05 bits per heavy atom. The summed E-state index contributed by atoms with van der Waals surface area (Å²) in [5.74, 6) is 0.161. The van der Waals surface area contributed by atoms with Crippen LogP contribution in [-0.2, 0) is 0 Å². The maximum absolute atomic E-state index is 12.2. The fraction of sp³-hybridized carbons (Fsp3) is 0.267. The summed E-state index contributed by atoms with van der Waals surface area (Å²) in [6, 6.07) is 8.54. The van der Waals surface area contributed by atoms with E-state index in [1.807, 2.05) is 26.0 Å². The van der Waals surface area contributed by atoms with Gasteiger partial charge in [-0.05, 0) is 43.2 Å². The van der Waals surface area contributed by atoms with E-state index in [2.05, 4.69) is 15.0 Å². The highest BCUT2D eigenvalue weighted by Gasteiger charge is 2.10. The topological polar surface area (TPSA) is 34.2 Å². The first-order chi connectivity index (χ1) is 9.56. The summed E-state index contributed by atoms with van der Waals surface area (Å²) >= 11 is 0. The van der Waals surface area contributed by atoms with Crippen LogP contribution in [0, 0.1) is 6.92 Å². The molecule has 1 N–H and O–H groups in total. The van der Waals surface area contributed by atoms with Crippen molar-refractivity contribution in [1.29, 1.82) is 0 Å². The number of nitrogens with zero attached hydrogens (tertiary/aromatic N) is 1. The highest BCUT2D eigenvalue weighted by molar-refractivity contribution is 5.50. The number of nitrogens with one attached hydrogen (secondary N) is 1. The molecule has 0 aliphatic heterocycles. The van der Waals surface area contributed by atoms with Crippen molar-refractivity contribution < 1.29 is 13.5 Å². The molecule has 1 atom stereocenters. The van der Waals surface area contributed by atoms with Crippen LogP contribution in [0.25, 0.3) is 0 Å². The maximum Gasteiger partial charge on any atom is 0.387 e. The van der Waals surface area contributed by atoms with Crippen molar-refractivity contribution in [1.82, 2.24) is 4.98 Å². The molecule has 2 aromatic rings. The minimum atomic E-state index is -2.81. The van der Waals surface area contributed by atoms with E-state index >= 15 is 0 Å². The van der Waals surface area contributed by atoms with E-state index < -0.39 is 6.61 Å². The molecule has 0 fully saturated rings. The van der Waals surface area contributed by atoms with E-state index in [1.165, 1.54) is 6.07 Å². The van der Waals surface area contributed by atoms with E-state index in [0.29, 0.717) is 0 Å². The van der Waals surface area contributed by atoms with Crippen molar-refractivity contribution in [3.8, 4) is 5.75 Å². The van der Waals surface area contributed by atoms with Gasteiger partial charge in [0.2, 0.25) is 0 Å². The molecule has 1 aromatic carbocycles. The van der Waals surface area contributed by atoms with Crippen molar-refractivity contribution >= 4 is 5.69 Å². The van der Waals surface area contributed by atoms with Gasteiger partial charge in [-0.15, -0.1) is 0 Å². The third kappa shape index (κ3) is 3.66. The monoisotopic (exact) mass is 278 g/mol. The minimum absolute atomic E-state index is 0.0425. The molecule has 5 heteroatoms. The van der Waals surface area contributed by atoms with E-state index in [4.69, 9.17) is 0 Å². The Morgan fingerprint density at radius 1 is 1.25 bits per heavy atom. The molecular formula is C15H16F2N2O. The fourth-order valence-corrected chi connectivity index (χ4v) is 1.89. The zero-order valence-electron chi connectivity index (χ0n) is 11.3. The summed E-state index contributed by atoms with van der Waals surface area (Å²) in [5, 5.41) is 3.30. The molecule has 0 spiro atoms. The largest absolute Gasteiger partial charge is 0.435 e. The summed E-state index contributed by atoms with van der Waals surface area (Å²) in [5.41, 5.74) is 2.86. The van der Waals surface area contributed by atoms with E-state index in [9.17, 15) is 8.78 Å². The van der Waals surface area contributed by atoms with Crippen LogP contribution in [0.4, 0.5) is 14.5 Å². The Kier molecular flexibility index (Phi) is 4.50. The number of halogens is 2. The highest BCUT2D eigenvalue weighted by atomic mass is 19.3. The van der Waals surface area contributed by atoms with Crippen LogP contribution in [0.15, 0.2) is 42.7 Å². The lowest BCUT2D eigenvalue weighted by Crippen LogP contribution is -2.09. The number of ether oxygens (including phenoxy) is 1. The molecule has 1 unspecified atom stereocenters. The first kappa shape index (κ1) is 14.2. The maximum atomic E-state index is 12.2. The fourth-order valence-electron chi connectivity index (χ4n) is 1.89. The zero-order chi connectivity index (χ0) is 14.5. The first-order valence-corrected chi connectivity index (χ1v) is 6.28. The number of aryl methyl sites for hydroxylation is 1. The second kappa shape index (κ2) is 6.32. The highest BCUT2D eigenvalue weighted by Crippen LogP contribution is 2.24. The molecule has 0 saturated heterocycles.